The molecule has 1 atom stereocenters. The van der Waals surface area contributed by atoms with Crippen molar-refractivity contribution >= 4 is 6.08 Å². The molecule has 0 aliphatic rings. The summed E-state index contributed by atoms with van der Waals surface area (Å²) < 4.78 is 5.18. The number of aliphatic hydroxyl groups excluding tert-OH is 1. The minimum atomic E-state index is -0.474. The van der Waals surface area contributed by atoms with E-state index in [1.54, 1.807) is 6.26 Å². The van der Waals surface area contributed by atoms with Crippen molar-refractivity contribution < 1.29 is 9.52 Å². The smallest absolute Gasteiger partial charge is 0.126 e. The number of hydrogen-bond donors (Lipinski definition) is 2. The molecule has 3 nitrogen and oxygen atoms in total. The summed E-state index contributed by atoms with van der Waals surface area (Å²) in [5.41, 5.74) is 2.14. The first-order chi connectivity index (χ1) is 9.25. The quantitative estimate of drug-likeness (QED) is 0.782. The van der Waals surface area contributed by atoms with Crippen LogP contribution in [0.4, 0.5) is 0 Å². The average molecular weight is 257 g/mol. The predicted molar refractivity (Wildman–Crippen MR) is 76.8 cm³/mol. The highest BCUT2D eigenvalue weighted by Crippen LogP contribution is 2.12. The second-order valence-corrected chi connectivity index (χ2v) is 4.50. The predicted octanol–water partition coefficient (Wildman–Crippen LogP) is 2.92. The molecule has 19 heavy (non-hydrogen) atoms. The van der Waals surface area contributed by atoms with Gasteiger partial charge in [0.05, 0.1) is 12.4 Å². The Morgan fingerprint density at radius 2 is 2.05 bits per heavy atom. The summed E-state index contributed by atoms with van der Waals surface area (Å²) in [6, 6.07) is 11.7. The van der Waals surface area contributed by atoms with Crippen molar-refractivity contribution in [1.82, 2.24) is 5.32 Å². The van der Waals surface area contributed by atoms with E-state index in [1.165, 1.54) is 5.56 Å². The van der Waals surface area contributed by atoms with Crippen molar-refractivity contribution in [1.29, 1.82) is 0 Å². The van der Waals surface area contributed by atoms with E-state index in [4.69, 9.17) is 4.42 Å². The van der Waals surface area contributed by atoms with Crippen molar-refractivity contribution in [3.63, 3.8) is 0 Å². The minimum Gasteiger partial charge on any atom is -0.465 e. The lowest BCUT2D eigenvalue weighted by molar-refractivity contribution is 0.176. The van der Waals surface area contributed by atoms with Gasteiger partial charge in [-0.1, -0.05) is 35.9 Å². The summed E-state index contributed by atoms with van der Waals surface area (Å²) in [7, 11) is 0. The monoisotopic (exact) mass is 257 g/mol. The van der Waals surface area contributed by atoms with Gasteiger partial charge in [-0.15, -0.1) is 0 Å². The lowest BCUT2D eigenvalue weighted by Crippen LogP contribution is -2.21. The standard InChI is InChI=1S/C16H19NO2/c1-13-6-8-14(9-7-13)16(18)12-17-10-2-4-15-5-3-11-19-15/h2-9,11,16-18H,10,12H2,1H3/b4-2+. The molecular formula is C16H19NO2. The molecule has 0 amide bonds. The van der Waals surface area contributed by atoms with E-state index in [9.17, 15) is 5.11 Å². The van der Waals surface area contributed by atoms with E-state index < -0.39 is 6.10 Å². The van der Waals surface area contributed by atoms with Crippen LogP contribution in [0.2, 0.25) is 0 Å². The van der Waals surface area contributed by atoms with Crippen LogP contribution in [-0.2, 0) is 0 Å². The van der Waals surface area contributed by atoms with Crippen molar-refractivity contribution in [3.05, 3.63) is 65.6 Å². The number of nitrogens with one attached hydrogen (secondary N) is 1. The third kappa shape index (κ3) is 4.39. The van der Waals surface area contributed by atoms with Gasteiger partial charge in [0.15, 0.2) is 0 Å². The molecule has 3 heteroatoms. The zero-order valence-electron chi connectivity index (χ0n) is 11.0. The summed E-state index contributed by atoms with van der Waals surface area (Å²) >= 11 is 0. The number of aryl methyl sites for hydroxylation is 1. The summed E-state index contributed by atoms with van der Waals surface area (Å²) in [5, 5.41) is 13.2. The number of aliphatic hydroxyl groups is 1. The van der Waals surface area contributed by atoms with E-state index in [0.717, 1.165) is 11.3 Å². The fourth-order valence-electron chi connectivity index (χ4n) is 1.77. The molecule has 0 saturated carbocycles. The van der Waals surface area contributed by atoms with Gasteiger partial charge in [-0.2, -0.15) is 0 Å². The van der Waals surface area contributed by atoms with Crippen LogP contribution in [0.25, 0.3) is 6.08 Å². The van der Waals surface area contributed by atoms with Crippen LogP contribution in [0.15, 0.2) is 53.2 Å². The van der Waals surface area contributed by atoms with Gasteiger partial charge in [0.1, 0.15) is 5.76 Å². The molecule has 1 unspecified atom stereocenters. The minimum absolute atomic E-state index is 0.474. The largest absolute Gasteiger partial charge is 0.465 e. The Bertz CT molecular complexity index is 500. The van der Waals surface area contributed by atoms with E-state index in [-0.39, 0.29) is 0 Å². The van der Waals surface area contributed by atoms with Gasteiger partial charge in [0.25, 0.3) is 0 Å². The van der Waals surface area contributed by atoms with Crippen molar-refractivity contribution in [3.8, 4) is 0 Å². The van der Waals surface area contributed by atoms with Crippen molar-refractivity contribution in [2.75, 3.05) is 13.1 Å². The third-order valence-corrected chi connectivity index (χ3v) is 2.89. The topological polar surface area (TPSA) is 45.4 Å². The van der Waals surface area contributed by atoms with Crippen LogP contribution in [0.5, 0.6) is 0 Å². The number of rotatable bonds is 6. The molecule has 0 aliphatic carbocycles. The SMILES string of the molecule is Cc1ccc(C(O)CNC/C=C/c2ccco2)cc1. The van der Waals surface area contributed by atoms with E-state index in [2.05, 4.69) is 5.32 Å². The van der Waals surface area contributed by atoms with Crippen molar-refractivity contribution in [2.45, 2.75) is 13.0 Å². The maximum Gasteiger partial charge on any atom is 0.126 e. The zero-order chi connectivity index (χ0) is 13.5. The Balaban J connectivity index is 1.72. The molecule has 0 saturated heterocycles. The van der Waals surface area contributed by atoms with Crippen LogP contribution in [0, 0.1) is 6.92 Å². The highest BCUT2D eigenvalue weighted by molar-refractivity contribution is 5.42. The first kappa shape index (κ1) is 13.6. The second-order valence-electron chi connectivity index (χ2n) is 4.50. The van der Waals surface area contributed by atoms with Gasteiger partial charge >= 0.3 is 0 Å². The van der Waals surface area contributed by atoms with Crippen LogP contribution >= 0.6 is 0 Å². The van der Waals surface area contributed by atoms with E-state index in [1.807, 2.05) is 55.5 Å². The Kier molecular flexibility index (Phi) is 4.95. The normalized spacial score (nSPS) is 12.9. The van der Waals surface area contributed by atoms with Gasteiger partial charge in [-0.05, 0) is 30.7 Å². The van der Waals surface area contributed by atoms with Crippen LogP contribution in [-0.4, -0.2) is 18.2 Å². The average Bonchev–Trinajstić information content (AvgIpc) is 2.92. The van der Waals surface area contributed by atoms with E-state index >= 15 is 0 Å². The molecule has 2 aromatic rings. The van der Waals surface area contributed by atoms with Gasteiger partial charge in [-0.3, -0.25) is 0 Å². The Morgan fingerprint density at radius 3 is 2.74 bits per heavy atom. The molecule has 2 rings (SSSR count). The lowest BCUT2D eigenvalue weighted by Gasteiger charge is -2.11. The highest BCUT2D eigenvalue weighted by Gasteiger charge is 2.05. The van der Waals surface area contributed by atoms with Crippen molar-refractivity contribution in [2.24, 2.45) is 0 Å². The highest BCUT2D eigenvalue weighted by atomic mass is 16.3. The zero-order valence-corrected chi connectivity index (χ0v) is 11.0. The fourth-order valence-corrected chi connectivity index (χ4v) is 1.77. The molecule has 0 aliphatic heterocycles. The Hall–Kier alpha value is -1.84. The molecule has 0 fully saturated rings. The molecular weight excluding hydrogens is 238 g/mol. The van der Waals surface area contributed by atoms with Crippen LogP contribution in [0.3, 0.4) is 0 Å². The maximum atomic E-state index is 9.99. The van der Waals surface area contributed by atoms with Gasteiger partial charge < -0.3 is 14.8 Å². The number of hydrogen-bond acceptors (Lipinski definition) is 3. The molecule has 0 radical (unpaired) electrons. The first-order valence-corrected chi connectivity index (χ1v) is 6.41. The number of furan rings is 1. The van der Waals surface area contributed by atoms with Gasteiger partial charge in [0.2, 0.25) is 0 Å². The maximum absolute atomic E-state index is 9.99. The van der Waals surface area contributed by atoms with E-state index in [0.29, 0.717) is 13.1 Å². The van der Waals surface area contributed by atoms with Crippen LogP contribution < -0.4 is 5.32 Å². The van der Waals surface area contributed by atoms with Gasteiger partial charge in [0, 0.05) is 13.1 Å². The summed E-state index contributed by atoms with van der Waals surface area (Å²) in [6.45, 7) is 3.27. The summed E-state index contributed by atoms with van der Waals surface area (Å²) in [4.78, 5) is 0. The first-order valence-electron chi connectivity index (χ1n) is 6.41. The number of benzene rings is 1. The van der Waals surface area contributed by atoms with Gasteiger partial charge in [-0.25, -0.2) is 0 Å². The molecule has 0 bridgehead atoms. The molecule has 1 aromatic carbocycles. The summed E-state index contributed by atoms with van der Waals surface area (Å²) in [6.07, 6.45) is 5.05. The lowest BCUT2D eigenvalue weighted by atomic mass is 10.1. The molecule has 0 spiro atoms. The second kappa shape index (κ2) is 6.92. The van der Waals surface area contributed by atoms with Crippen LogP contribution in [0.1, 0.15) is 23.0 Å². The Labute approximate surface area is 113 Å². The molecule has 1 heterocycles. The molecule has 2 N–H and O–H groups in total. The molecule has 100 valence electrons. The third-order valence-electron chi connectivity index (χ3n) is 2.89. The summed E-state index contributed by atoms with van der Waals surface area (Å²) in [5.74, 6) is 0.834. The fraction of sp³-hybridized carbons (Fsp3) is 0.250. The Morgan fingerprint density at radius 1 is 1.26 bits per heavy atom. The molecule has 1 aromatic heterocycles.